The number of aliphatic hydroxyl groups is 2. The average molecular weight is 744 g/mol. The van der Waals surface area contributed by atoms with E-state index < -0.39 is 17.1 Å². The van der Waals surface area contributed by atoms with Crippen LogP contribution in [-0.2, 0) is 4.79 Å². The van der Waals surface area contributed by atoms with E-state index in [0.717, 1.165) is 45.1 Å². The van der Waals surface area contributed by atoms with Crippen LogP contribution in [-0.4, -0.2) is 56.7 Å². The van der Waals surface area contributed by atoms with Crippen molar-refractivity contribution < 1.29 is 24.6 Å². The summed E-state index contributed by atoms with van der Waals surface area (Å²) in [7, 11) is 0. The topological polar surface area (TPSA) is 164 Å². The Labute approximate surface area is 319 Å². The standard InChI is InChI=1S/C42H73N5O6/c1-2-3-4-5-6-7-8-9-10-13-16-19-22-25-28-31-40(50)44-37(35-48)39(49)30-27-24-21-18-15-12-11-14-17-20-23-26-29-34-43-36-32-33-38(47(51)52)42-41(36)45-53-46-42/h27,30,32-33,37,39,43,48-49H,2-26,28-29,31,34-35H2,1H3,(H,44,50)/b30-27+/t37-,39+/m0/s1. The number of non-ortho nitro benzene ring substituents is 1. The number of amides is 1. The van der Waals surface area contributed by atoms with Gasteiger partial charge in [0.25, 0.3) is 0 Å². The Hall–Kier alpha value is -3.05. The molecule has 1 heterocycles. The summed E-state index contributed by atoms with van der Waals surface area (Å²) >= 11 is 0. The van der Waals surface area contributed by atoms with Gasteiger partial charge in [-0.15, -0.1) is 0 Å². The minimum atomic E-state index is -0.876. The first-order chi connectivity index (χ1) is 26.0. The molecule has 11 nitrogen and oxygen atoms in total. The quantitative estimate of drug-likeness (QED) is 0.0230. The van der Waals surface area contributed by atoms with Crippen molar-refractivity contribution >= 4 is 28.3 Å². The van der Waals surface area contributed by atoms with Crippen LogP contribution in [0.1, 0.15) is 187 Å². The van der Waals surface area contributed by atoms with Gasteiger partial charge in [0.05, 0.1) is 29.4 Å². The summed E-state index contributed by atoms with van der Waals surface area (Å²) in [4.78, 5) is 23.0. The summed E-state index contributed by atoms with van der Waals surface area (Å²) < 4.78 is 4.71. The van der Waals surface area contributed by atoms with Crippen LogP contribution in [0, 0.1) is 10.1 Å². The van der Waals surface area contributed by atoms with Crippen molar-refractivity contribution in [2.24, 2.45) is 0 Å². The summed E-state index contributed by atoms with van der Waals surface area (Å²) in [5.74, 6) is -0.0897. The highest BCUT2D eigenvalue weighted by atomic mass is 16.6. The summed E-state index contributed by atoms with van der Waals surface area (Å²) in [6.45, 7) is 2.76. The number of anilines is 1. The van der Waals surface area contributed by atoms with Crippen molar-refractivity contribution in [2.45, 2.75) is 199 Å². The second-order valence-electron chi connectivity index (χ2n) is 14.9. The number of hydrogen-bond acceptors (Lipinski definition) is 9. The van der Waals surface area contributed by atoms with E-state index in [4.69, 9.17) is 4.63 Å². The molecule has 2 atom stereocenters. The second kappa shape index (κ2) is 31.3. The Morgan fingerprint density at radius 2 is 1.25 bits per heavy atom. The van der Waals surface area contributed by atoms with E-state index in [-0.39, 0.29) is 23.7 Å². The number of nitro groups is 1. The summed E-state index contributed by atoms with van der Waals surface area (Å²) in [6.07, 6.45) is 36.6. The lowest BCUT2D eigenvalue weighted by molar-refractivity contribution is -0.383. The minimum absolute atomic E-state index is 0.0897. The van der Waals surface area contributed by atoms with Gasteiger partial charge >= 0.3 is 5.69 Å². The second-order valence-corrected chi connectivity index (χ2v) is 14.9. The molecule has 302 valence electrons. The van der Waals surface area contributed by atoms with E-state index in [0.29, 0.717) is 17.6 Å². The van der Waals surface area contributed by atoms with Gasteiger partial charge in [0.1, 0.15) is 0 Å². The Balaban J connectivity index is 1.35. The first-order valence-electron chi connectivity index (χ1n) is 21.4. The number of hydrogen-bond donors (Lipinski definition) is 4. The van der Waals surface area contributed by atoms with Gasteiger partial charge in [0, 0.05) is 19.0 Å². The maximum absolute atomic E-state index is 12.4. The van der Waals surface area contributed by atoms with Crippen molar-refractivity contribution in [3.05, 3.63) is 34.4 Å². The molecule has 1 aromatic carbocycles. The molecule has 1 amide bonds. The number of unbranched alkanes of at least 4 members (excludes halogenated alkanes) is 25. The van der Waals surface area contributed by atoms with Gasteiger partial charge in [-0.1, -0.05) is 167 Å². The predicted molar refractivity (Wildman–Crippen MR) is 216 cm³/mol. The zero-order valence-electron chi connectivity index (χ0n) is 33.0. The fourth-order valence-electron chi connectivity index (χ4n) is 6.89. The summed E-state index contributed by atoms with van der Waals surface area (Å²) in [5, 5.41) is 44.9. The Morgan fingerprint density at radius 3 is 1.77 bits per heavy atom. The molecule has 2 aromatic rings. The molecule has 0 aliphatic heterocycles. The van der Waals surface area contributed by atoms with Crippen LogP contribution in [0.2, 0.25) is 0 Å². The third-order valence-electron chi connectivity index (χ3n) is 10.2. The number of allylic oxidation sites excluding steroid dienone is 1. The molecule has 0 saturated heterocycles. The van der Waals surface area contributed by atoms with Gasteiger partial charge in [0.15, 0.2) is 5.52 Å². The van der Waals surface area contributed by atoms with Crippen LogP contribution < -0.4 is 10.6 Å². The highest BCUT2D eigenvalue weighted by Crippen LogP contribution is 2.28. The molecule has 1 aromatic heterocycles. The van der Waals surface area contributed by atoms with E-state index in [1.165, 1.54) is 141 Å². The number of rotatable bonds is 36. The summed E-state index contributed by atoms with van der Waals surface area (Å²) in [5.41, 5.74) is 1.16. The molecule has 0 unspecified atom stereocenters. The van der Waals surface area contributed by atoms with Crippen LogP contribution in [0.4, 0.5) is 11.4 Å². The lowest BCUT2D eigenvalue weighted by Crippen LogP contribution is -2.45. The number of carbonyl (C=O) groups excluding carboxylic acids is 1. The fourth-order valence-corrected chi connectivity index (χ4v) is 6.89. The Kier molecular flexibility index (Phi) is 27.2. The molecular weight excluding hydrogens is 670 g/mol. The zero-order valence-corrected chi connectivity index (χ0v) is 33.0. The number of fused-ring (bicyclic) bond motifs is 1. The molecule has 53 heavy (non-hydrogen) atoms. The first kappa shape index (κ1) is 46.1. The van der Waals surface area contributed by atoms with Crippen molar-refractivity contribution in [1.82, 2.24) is 15.6 Å². The number of benzene rings is 1. The van der Waals surface area contributed by atoms with Gasteiger partial charge in [-0.3, -0.25) is 14.9 Å². The lowest BCUT2D eigenvalue weighted by Gasteiger charge is -2.20. The Bertz CT molecular complexity index is 1240. The average Bonchev–Trinajstić information content (AvgIpc) is 3.65. The van der Waals surface area contributed by atoms with Gasteiger partial charge in [-0.25, -0.2) is 4.63 Å². The number of nitro benzene ring substituents is 1. The van der Waals surface area contributed by atoms with E-state index in [9.17, 15) is 25.1 Å². The van der Waals surface area contributed by atoms with E-state index in [1.54, 1.807) is 12.1 Å². The van der Waals surface area contributed by atoms with Crippen LogP contribution in [0.25, 0.3) is 11.0 Å². The SMILES string of the molecule is CCCCCCCCCCCCCCCCCC(=O)N[C@@H](CO)[C@H](O)/C=C/CCCCCCCCCCCCCNc1ccc([N+](=O)[O-])c2nonc12. The molecule has 2 rings (SSSR count). The van der Waals surface area contributed by atoms with Crippen molar-refractivity contribution in [3.8, 4) is 0 Å². The first-order valence-corrected chi connectivity index (χ1v) is 21.4. The van der Waals surface area contributed by atoms with Gasteiger partial charge < -0.3 is 20.8 Å². The maximum Gasteiger partial charge on any atom is 0.300 e. The number of aromatic nitrogens is 2. The zero-order chi connectivity index (χ0) is 38.2. The predicted octanol–water partition coefficient (Wildman–Crippen LogP) is 10.9. The highest BCUT2D eigenvalue weighted by molar-refractivity contribution is 5.93. The molecule has 0 fully saturated rings. The number of carbonyl (C=O) groups is 1. The molecule has 11 heteroatoms. The van der Waals surface area contributed by atoms with Crippen LogP contribution >= 0.6 is 0 Å². The molecule has 0 aliphatic rings. The lowest BCUT2D eigenvalue weighted by atomic mass is 10.0. The Morgan fingerprint density at radius 1 is 0.755 bits per heavy atom. The van der Waals surface area contributed by atoms with Gasteiger partial charge in [0.2, 0.25) is 11.4 Å². The molecule has 0 spiro atoms. The number of aliphatic hydroxyl groups excluding tert-OH is 2. The van der Waals surface area contributed by atoms with Crippen LogP contribution in [0.3, 0.4) is 0 Å². The van der Waals surface area contributed by atoms with Crippen LogP contribution in [0.15, 0.2) is 28.9 Å². The molecular formula is C42H73N5O6. The molecule has 0 bridgehead atoms. The van der Waals surface area contributed by atoms with E-state index >= 15 is 0 Å². The highest BCUT2D eigenvalue weighted by Gasteiger charge is 2.20. The van der Waals surface area contributed by atoms with E-state index in [2.05, 4.69) is 27.9 Å². The molecule has 0 saturated carbocycles. The number of nitrogens with one attached hydrogen (secondary N) is 2. The van der Waals surface area contributed by atoms with Gasteiger partial charge in [-0.05, 0) is 42.1 Å². The van der Waals surface area contributed by atoms with Crippen LogP contribution in [0.5, 0.6) is 0 Å². The smallest absolute Gasteiger partial charge is 0.300 e. The third-order valence-corrected chi connectivity index (χ3v) is 10.2. The summed E-state index contributed by atoms with van der Waals surface area (Å²) in [6, 6.07) is 2.43. The number of nitrogens with zero attached hydrogens (tertiary/aromatic N) is 3. The normalized spacial score (nSPS) is 12.8. The van der Waals surface area contributed by atoms with Gasteiger partial charge in [-0.2, -0.15) is 0 Å². The molecule has 0 radical (unpaired) electrons. The molecule has 4 N–H and O–H groups in total. The molecule has 0 aliphatic carbocycles. The minimum Gasteiger partial charge on any atom is -0.394 e. The van der Waals surface area contributed by atoms with E-state index in [1.807, 2.05) is 6.08 Å². The third kappa shape index (κ3) is 22.1. The van der Waals surface area contributed by atoms with Crippen molar-refractivity contribution in [1.29, 1.82) is 0 Å². The van der Waals surface area contributed by atoms with Crippen molar-refractivity contribution in [3.63, 3.8) is 0 Å². The van der Waals surface area contributed by atoms with Crippen molar-refractivity contribution in [2.75, 3.05) is 18.5 Å². The maximum atomic E-state index is 12.4. The monoisotopic (exact) mass is 744 g/mol. The fraction of sp³-hybridized carbons (Fsp3) is 0.786. The largest absolute Gasteiger partial charge is 0.394 e.